The number of aromatic nitrogens is 2. The maximum atomic E-state index is 13.1. The highest BCUT2D eigenvalue weighted by atomic mass is 35.5. The predicted octanol–water partition coefficient (Wildman–Crippen LogP) is 5.33. The largest absolute Gasteiger partial charge is 0.353 e. The summed E-state index contributed by atoms with van der Waals surface area (Å²) in [5, 5.41) is 4.68. The van der Waals surface area contributed by atoms with E-state index in [-0.39, 0.29) is 23.3 Å². The summed E-state index contributed by atoms with van der Waals surface area (Å²) in [6.07, 6.45) is 2.64. The Morgan fingerprint density at radius 1 is 1.12 bits per heavy atom. The van der Waals surface area contributed by atoms with Crippen molar-refractivity contribution in [2.24, 2.45) is 5.92 Å². The molecule has 1 aromatic heterocycles. The first-order valence-corrected chi connectivity index (χ1v) is 12.4. The normalized spacial score (nSPS) is 12.3. The van der Waals surface area contributed by atoms with Crippen molar-refractivity contribution in [3.63, 3.8) is 0 Å². The van der Waals surface area contributed by atoms with Crippen molar-refractivity contribution >= 4 is 40.2 Å². The fourth-order valence-corrected chi connectivity index (χ4v) is 4.42. The van der Waals surface area contributed by atoms with Gasteiger partial charge in [-0.05, 0) is 55.9 Å². The van der Waals surface area contributed by atoms with E-state index in [1.54, 1.807) is 22.8 Å². The molecule has 0 saturated heterocycles. The molecule has 7 heteroatoms. The Hall–Kier alpha value is -2.31. The summed E-state index contributed by atoms with van der Waals surface area (Å²) in [4.78, 5) is 30.3. The molecule has 3 rings (SSSR count). The number of hydrogen-bond acceptors (Lipinski definition) is 4. The quantitative estimate of drug-likeness (QED) is 0.321. The lowest BCUT2D eigenvalue weighted by Gasteiger charge is -2.16. The highest BCUT2D eigenvalue weighted by Crippen LogP contribution is 2.21. The summed E-state index contributed by atoms with van der Waals surface area (Å²) in [5.74, 6) is 0.594. The third-order valence-corrected chi connectivity index (χ3v) is 6.47. The molecule has 1 unspecified atom stereocenters. The number of rotatable bonds is 10. The number of aryl methyl sites for hydroxylation is 1. The monoisotopic (exact) mass is 471 g/mol. The lowest BCUT2D eigenvalue weighted by atomic mass is 10.1. The average molecular weight is 472 g/mol. The first kappa shape index (κ1) is 24.3. The van der Waals surface area contributed by atoms with Crippen LogP contribution in [0.15, 0.2) is 58.5 Å². The van der Waals surface area contributed by atoms with Gasteiger partial charge in [-0.1, -0.05) is 67.5 Å². The topological polar surface area (TPSA) is 64.0 Å². The van der Waals surface area contributed by atoms with Crippen LogP contribution in [0.3, 0.4) is 0 Å². The molecule has 170 valence electrons. The molecule has 0 bridgehead atoms. The second kappa shape index (κ2) is 11.5. The predicted molar refractivity (Wildman–Crippen MR) is 134 cm³/mol. The molecule has 1 heterocycles. The molecule has 0 radical (unpaired) electrons. The molecule has 5 nitrogen and oxygen atoms in total. The first-order chi connectivity index (χ1) is 15.3. The molecular weight excluding hydrogens is 442 g/mol. The zero-order valence-corrected chi connectivity index (χ0v) is 20.4. The van der Waals surface area contributed by atoms with Crippen molar-refractivity contribution in [2.75, 3.05) is 5.75 Å². The maximum Gasteiger partial charge on any atom is 0.262 e. The third kappa shape index (κ3) is 6.84. The zero-order chi connectivity index (χ0) is 23.1. The van der Waals surface area contributed by atoms with Crippen LogP contribution in [0.1, 0.15) is 39.2 Å². The highest BCUT2D eigenvalue weighted by molar-refractivity contribution is 7.99. The van der Waals surface area contributed by atoms with Gasteiger partial charge in [0.05, 0.1) is 16.7 Å². The van der Waals surface area contributed by atoms with Gasteiger partial charge in [-0.15, -0.1) is 0 Å². The Bertz CT molecular complexity index is 1120. The second-order valence-corrected chi connectivity index (χ2v) is 9.86. The SMILES string of the molecule is CC(C)CCn1c(SCC(=O)NC(C)CCc2ccccc2)nc2cc(Cl)ccc2c1=O. The Morgan fingerprint density at radius 3 is 2.59 bits per heavy atom. The molecule has 0 aliphatic carbocycles. The van der Waals surface area contributed by atoms with Crippen molar-refractivity contribution in [1.82, 2.24) is 14.9 Å². The molecular formula is C25H30ClN3O2S. The first-order valence-electron chi connectivity index (χ1n) is 11.0. The van der Waals surface area contributed by atoms with Gasteiger partial charge in [0.25, 0.3) is 5.56 Å². The van der Waals surface area contributed by atoms with Crippen molar-refractivity contribution in [3.05, 3.63) is 69.5 Å². The fourth-order valence-electron chi connectivity index (χ4n) is 3.42. The summed E-state index contributed by atoms with van der Waals surface area (Å²) in [5.41, 5.74) is 1.73. The van der Waals surface area contributed by atoms with Gasteiger partial charge in [0.1, 0.15) is 0 Å². The molecule has 1 amide bonds. The van der Waals surface area contributed by atoms with Crippen LogP contribution >= 0.6 is 23.4 Å². The summed E-state index contributed by atoms with van der Waals surface area (Å²) in [7, 11) is 0. The van der Waals surface area contributed by atoms with E-state index in [1.807, 2.05) is 25.1 Å². The standard InChI is InChI=1S/C25H30ClN3O2S/c1-17(2)13-14-29-24(31)21-12-11-20(26)15-22(21)28-25(29)32-16-23(30)27-18(3)9-10-19-7-5-4-6-8-19/h4-8,11-12,15,17-18H,9-10,13-14,16H2,1-3H3,(H,27,30). The molecule has 0 fully saturated rings. The van der Waals surface area contributed by atoms with E-state index < -0.39 is 0 Å². The van der Waals surface area contributed by atoms with Crippen LogP contribution in [-0.2, 0) is 17.8 Å². The number of halogens is 1. The van der Waals surface area contributed by atoms with Crippen molar-refractivity contribution in [1.29, 1.82) is 0 Å². The van der Waals surface area contributed by atoms with E-state index in [9.17, 15) is 9.59 Å². The number of nitrogens with zero attached hydrogens (tertiary/aromatic N) is 2. The Balaban J connectivity index is 1.67. The number of fused-ring (bicyclic) bond motifs is 1. The number of carbonyl (C=O) groups excluding carboxylic acids is 1. The van der Waals surface area contributed by atoms with Crippen LogP contribution in [0.4, 0.5) is 0 Å². The van der Waals surface area contributed by atoms with E-state index in [4.69, 9.17) is 11.6 Å². The second-order valence-electron chi connectivity index (χ2n) is 8.48. The van der Waals surface area contributed by atoms with E-state index >= 15 is 0 Å². The van der Waals surface area contributed by atoms with Gasteiger partial charge in [0.15, 0.2) is 5.16 Å². The van der Waals surface area contributed by atoms with Gasteiger partial charge in [0.2, 0.25) is 5.91 Å². The molecule has 0 spiro atoms. The summed E-state index contributed by atoms with van der Waals surface area (Å²) < 4.78 is 1.69. The van der Waals surface area contributed by atoms with Crippen molar-refractivity contribution < 1.29 is 4.79 Å². The van der Waals surface area contributed by atoms with E-state index in [0.717, 1.165) is 19.3 Å². The number of amides is 1. The summed E-state index contributed by atoms with van der Waals surface area (Å²) in [6.45, 7) is 6.83. The maximum absolute atomic E-state index is 13.1. The van der Waals surface area contributed by atoms with Gasteiger partial charge in [-0.25, -0.2) is 4.98 Å². The lowest BCUT2D eigenvalue weighted by molar-refractivity contribution is -0.119. The summed E-state index contributed by atoms with van der Waals surface area (Å²) in [6, 6.07) is 15.4. The molecule has 1 atom stereocenters. The van der Waals surface area contributed by atoms with Crippen LogP contribution in [0, 0.1) is 5.92 Å². The van der Waals surface area contributed by atoms with E-state index in [0.29, 0.717) is 33.5 Å². The highest BCUT2D eigenvalue weighted by Gasteiger charge is 2.15. The fraction of sp³-hybridized carbons (Fsp3) is 0.400. The van der Waals surface area contributed by atoms with Gasteiger partial charge >= 0.3 is 0 Å². The van der Waals surface area contributed by atoms with Crippen LogP contribution in [0.25, 0.3) is 10.9 Å². The summed E-state index contributed by atoms with van der Waals surface area (Å²) >= 11 is 7.40. The number of carbonyl (C=O) groups is 1. The van der Waals surface area contributed by atoms with Crippen molar-refractivity contribution in [3.8, 4) is 0 Å². The van der Waals surface area contributed by atoms with Gasteiger partial charge < -0.3 is 5.32 Å². The minimum absolute atomic E-state index is 0.0635. The number of benzene rings is 2. The van der Waals surface area contributed by atoms with E-state index in [1.165, 1.54) is 17.3 Å². The van der Waals surface area contributed by atoms with Crippen LogP contribution in [0.2, 0.25) is 5.02 Å². The smallest absolute Gasteiger partial charge is 0.262 e. The molecule has 0 aliphatic rings. The van der Waals surface area contributed by atoms with Crippen LogP contribution in [0.5, 0.6) is 0 Å². The molecule has 32 heavy (non-hydrogen) atoms. The Morgan fingerprint density at radius 2 is 1.88 bits per heavy atom. The molecule has 3 aromatic rings. The zero-order valence-electron chi connectivity index (χ0n) is 18.8. The molecule has 2 aromatic carbocycles. The molecule has 1 N–H and O–H groups in total. The number of nitrogens with one attached hydrogen (secondary N) is 1. The average Bonchev–Trinajstić information content (AvgIpc) is 2.76. The van der Waals surface area contributed by atoms with Crippen LogP contribution in [-0.4, -0.2) is 27.3 Å². The third-order valence-electron chi connectivity index (χ3n) is 5.26. The Labute approximate surface area is 198 Å². The lowest BCUT2D eigenvalue weighted by Crippen LogP contribution is -2.34. The minimum Gasteiger partial charge on any atom is -0.353 e. The molecule has 0 saturated carbocycles. The van der Waals surface area contributed by atoms with Gasteiger partial charge in [-0.2, -0.15) is 0 Å². The van der Waals surface area contributed by atoms with Crippen LogP contribution < -0.4 is 10.9 Å². The Kier molecular flexibility index (Phi) is 8.76. The van der Waals surface area contributed by atoms with E-state index in [2.05, 4.69) is 36.3 Å². The molecule has 0 aliphatic heterocycles. The van der Waals surface area contributed by atoms with Crippen molar-refractivity contribution in [2.45, 2.75) is 57.8 Å². The number of hydrogen-bond donors (Lipinski definition) is 1. The number of thioether (sulfide) groups is 1. The van der Waals surface area contributed by atoms with Gasteiger partial charge in [0, 0.05) is 17.6 Å². The minimum atomic E-state index is -0.0912. The van der Waals surface area contributed by atoms with Gasteiger partial charge in [-0.3, -0.25) is 14.2 Å².